The van der Waals surface area contributed by atoms with Crippen molar-refractivity contribution in [3.8, 4) is 0 Å². The fourth-order valence-electron chi connectivity index (χ4n) is 1.69. The van der Waals surface area contributed by atoms with Gasteiger partial charge in [0, 0.05) is 5.25 Å². The lowest BCUT2D eigenvalue weighted by Gasteiger charge is -2.14. The lowest BCUT2D eigenvalue weighted by Crippen LogP contribution is -2.19. The van der Waals surface area contributed by atoms with Crippen LogP contribution in [0.5, 0.6) is 0 Å². The zero-order valence-electron chi connectivity index (χ0n) is 9.12. The molecule has 0 aromatic heterocycles. The molecule has 3 heteroatoms. The molecular formula is C11H20O2S. The molecule has 1 aliphatic rings. The molecule has 0 aromatic rings. The lowest BCUT2D eigenvalue weighted by molar-refractivity contribution is -0.142. The standard InChI is InChI=1S/C11H20O2S/c1-3-8-13-11(12)9(2)14-10-6-4-5-7-10/h9-10H,3-8H2,1-2H3. The minimum Gasteiger partial charge on any atom is -0.465 e. The topological polar surface area (TPSA) is 26.3 Å². The highest BCUT2D eigenvalue weighted by molar-refractivity contribution is 8.01. The van der Waals surface area contributed by atoms with Crippen molar-refractivity contribution in [1.29, 1.82) is 0 Å². The number of carbonyl (C=O) groups excluding carboxylic acids is 1. The summed E-state index contributed by atoms with van der Waals surface area (Å²) in [5.74, 6) is -0.0382. The predicted molar refractivity (Wildman–Crippen MR) is 60.6 cm³/mol. The highest BCUT2D eigenvalue weighted by Gasteiger charge is 2.22. The molecule has 1 saturated carbocycles. The second kappa shape index (κ2) is 6.33. The second-order valence-corrected chi connectivity index (χ2v) is 5.50. The van der Waals surface area contributed by atoms with Gasteiger partial charge in [0.15, 0.2) is 0 Å². The van der Waals surface area contributed by atoms with E-state index in [1.54, 1.807) is 11.8 Å². The van der Waals surface area contributed by atoms with E-state index in [1.807, 2.05) is 13.8 Å². The van der Waals surface area contributed by atoms with Gasteiger partial charge in [-0.25, -0.2) is 0 Å². The first-order chi connectivity index (χ1) is 6.74. The van der Waals surface area contributed by atoms with Gasteiger partial charge in [0.2, 0.25) is 0 Å². The average Bonchev–Trinajstić information content (AvgIpc) is 2.66. The second-order valence-electron chi connectivity index (χ2n) is 3.85. The van der Waals surface area contributed by atoms with E-state index in [1.165, 1.54) is 25.7 Å². The van der Waals surface area contributed by atoms with Crippen LogP contribution >= 0.6 is 11.8 Å². The Morgan fingerprint density at radius 1 is 1.50 bits per heavy atom. The van der Waals surface area contributed by atoms with Crippen LogP contribution in [0, 0.1) is 0 Å². The van der Waals surface area contributed by atoms with E-state index in [0.717, 1.165) is 6.42 Å². The smallest absolute Gasteiger partial charge is 0.318 e. The first-order valence-corrected chi connectivity index (χ1v) is 6.50. The summed E-state index contributed by atoms with van der Waals surface area (Å²) < 4.78 is 5.10. The van der Waals surface area contributed by atoms with Gasteiger partial charge in [-0.2, -0.15) is 0 Å². The van der Waals surface area contributed by atoms with Crippen LogP contribution in [0.2, 0.25) is 0 Å². The summed E-state index contributed by atoms with van der Waals surface area (Å²) in [6.07, 6.45) is 6.11. The number of hydrogen-bond acceptors (Lipinski definition) is 3. The molecular weight excluding hydrogens is 196 g/mol. The van der Waals surface area contributed by atoms with Gasteiger partial charge >= 0.3 is 5.97 Å². The SMILES string of the molecule is CCCOC(=O)C(C)SC1CCCC1. The van der Waals surface area contributed by atoms with Crippen LogP contribution in [0.3, 0.4) is 0 Å². The molecule has 14 heavy (non-hydrogen) atoms. The Bertz CT molecular complexity index is 176. The third kappa shape index (κ3) is 3.91. The Labute approximate surface area is 90.8 Å². The van der Waals surface area contributed by atoms with Gasteiger partial charge in [0.1, 0.15) is 0 Å². The molecule has 0 aliphatic heterocycles. The van der Waals surface area contributed by atoms with Gasteiger partial charge < -0.3 is 4.74 Å². The number of carbonyl (C=O) groups is 1. The molecule has 1 aliphatic carbocycles. The maximum Gasteiger partial charge on any atom is 0.318 e. The molecule has 0 radical (unpaired) electrons. The first kappa shape index (κ1) is 11.9. The number of ether oxygens (including phenoxy) is 1. The van der Waals surface area contributed by atoms with Crippen LogP contribution in [0.15, 0.2) is 0 Å². The molecule has 1 unspecified atom stereocenters. The highest BCUT2D eigenvalue weighted by atomic mass is 32.2. The van der Waals surface area contributed by atoms with E-state index >= 15 is 0 Å². The first-order valence-electron chi connectivity index (χ1n) is 5.56. The van der Waals surface area contributed by atoms with Gasteiger partial charge in [0.25, 0.3) is 0 Å². The van der Waals surface area contributed by atoms with Gasteiger partial charge in [-0.05, 0) is 26.2 Å². The summed E-state index contributed by atoms with van der Waals surface area (Å²) in [6, 6.07) is 0. The Morgan fingerprint density at radius 3 is 2.71 bits per heavy atom. The fourth-order valence-corrected chi connectivity index (χ4v) is 3.05. The summed E-state index contributed by atoms with van der Waals surface area (Å²) >= 11 is 1.79. The zero-order valence-corrected chi connectivity index (χ0v) is 9.94. The molecule has 0 amide bonds. The zero-order chi connectivity index (χ0) is 10.4. The summed E-state index contributed by atoms with van der Waals surface area (Å²) in [5.41, 5.74) is 0. The molecule has 1 atom stereocenters. The largest absolute Gasteiger partial charge is 0.465 e. The Kier molecular flexibility index (Phi) is 5.38. The third-order valence-electron chi connectivity index (χ3n) is 2.48. The summed E-state index contributed by atoms with van der Waals surface area (Å²) in [5, 5.41) is 0.712. The Morgan fingerprint density at radius 2 is 2.14 bits per heavy atom. The van der Waals surface area contributed by atoms with Gasteiger partial charge in [-0.3, -0.25) is 4.79 Å². The van der Waals surface area contributed by atoms with E-state index in [9.17, 15) is 4.79 Å². The minimum atomic E-state index is -0.0382. The van der Waals surface area contributed by atoms with Crippen molar-refractivity contribution in [2.45, 2.75) is 56.5 Å². The van der Waals surface area contributed by atoms with Gasteiger partial charge in [0.05, 0.1) is 11.9 Å². The molecule has 1 rings (SSSR count). The van der Waals surface area contributed by atoms with Crippen molar-refractivity contribution in [3.63, 3.8) is 0 Å². The van der Waals surface area contributed by atoms with Crippen LogP contribution in [0.1, 0.15) is 46.0 Å². The van der Waals surface area contributed by atoms with Crippen LogP contribution in [0.4, 0.5) is 0 Å². The number of esters is 1. The Hall–Kier alpha value is -0.180. The van der Waals surface area contributed by atoms with E-state index in [-0.39, 0.29) is 11.2 Å². The van der Waals surface area contributed by atoms with Crippen molar-refractivity contribution in [1.82, 2.24) is 0 Å². The quantitative estimate of drug-likeness (QED) is 0.661. The molecule has 2 nitrogen and oxygen atoms in total. The van der Waals surface area contributed by atoms with Crippen molar-refractivity contribution in [3.05, 3.63) is 0 Å². The predicted octanol–water partition coefficient (Wildman–Crippen LogP) is 3.00. The van der Waals surface area contributed by atoms with Crippen molar-refractivity contribution < 1.29 is 9.53 Å². The number of rotatable bonds is 5. The molecule has 1 fully saturated rings. The molecule has 82 valence electrons. The van der Waals surface area contributed by atoms with Crippen molar-refractivity contribution in [2.24, 2.45) is 0 Å². The number of hydrogen-bond donors (Lipinski definition) is 0. The van der Waals surface area contributed by atoms with E-state index in [4.69, 9.17) is 4.74 Å². The van der Waals surface area contributed by atoms with Crippen LogP contribution < -0.4 is 0 Å². The van der Waals surface area contributed by atoms with E-state index < -0.39 is 0 Å². The maximum absolute atomic E-state index is 11.4. The summed E-state index contributed by atoms with van der Waals surface area (Å²) in [6.45, 7) is 4.54. The minimum absolute atomic E-state index is 0.0182. The maximum atomic E-state index is 11.4. The van der Waals surface area contributed by atoms with Crippen LogP contribution in [0.25, 0.3) is 0 Å². The molecule has 0 saturated heterocycles. The summed E-state index contributed by atoms with van der Waals surface area (Å²) in [4.78, 5) is 11.4. The molecule has 0 spiro atoms. The van der Waals surface area contributed by atoms with Crippen molar-refractivity contribution >= 4 is 17.7 Å². The number of thioether (sulfide) groups is 1. The average molecular weight is 216 g/mol. The summed E-state index contributed by atoms with van der Waals surface area (Å²) in [7, 11) is 0. The van der Waals surface area contributed by atoms with Crippen molar-refractivity contribution in [2.75, 3.05) is 6.61 Å². The van der Waals surface area contributed by atoms with Gasteiger partial charge in [-0.1, -0.05) is 19.8 Å². The molecule has 0 bridgehead atoms. The van der Waals surface area contributed by atoms with Crippen LogP contribution in [-0.4, -0.2) is 23.1 Å². The highest BCUT2D eigenvalue weighted by Crippen LogP contribution is 2.32. The Balaban J connectivity index is 2.18. The monoisotopic (exact) mass is 216 g/mol. The third-order valence-corrected chi connectivity index (χ3v) is 3.94. The normalized spacial score (nSPS) is 19.6. The van der Waals surface area contributed by atoms with E-state index in [2.05, 4.69) is 0 Å². The van der Waals surface area contributed by atoms with E-state index in [0.29, 0.717) is 11.9 Å². The molecule has 0 heterocycles. The lowest BCUT2D eigenvalue weighted by atomic mass is 10.4. The fraction of sp³-hybridized carbons (Fsp3) is 0.909. The molecule has 0 aromatic carbocycles. The van der Waals surface area contributed by atoms with Gasteiger partial charge in [-0.15, -0.1) is 11.8 Å². The van der Waals surface area contributed by atoms with Crippen LogP contribution in [-0.2, 0) is 9.53 Å². The molecule has 0 N–H and O–H groups in total.